The van der Waals surface area contributed by atoms with Gasteiger partial charge in [0.05, 0.1) is 6.61 Å². The molecule has 0 aliphatic rings. The van der Waals surface area contributed by atoms with Crippen LogP contribution in [0.4, 0.5) is 0 Å². The fourth-order valence-electron chi connectivity index (χ4n) is 1.27. The topological polar surface area (TPSA) is 46.5 Å². The Kier molecular flexibility index (Phi) is 5.32. The van der Waals surface area contributed by atoms with Crippen LogP contribution in [0.15, 0.2) is 22.7 Å². The van der Waals surface area contributed by atoms with Crippen molar-refractivity contribution in [3.05, 3.63) is 28.2 Å². The van der Waals surface area contributed by atoms with E-state index in [0.717, 1.165) is 23.7 Å². The van der Waals surface area contributed by atoms with Crippen LogP contribution in [0.1, 0.15) is 36.5 Å². The van der Waals surface area contributed by atoms with Gasteiger partial charge in [-0.2, -0.15) is 0 Å². The molecule has 0 aliphatic carbocycles. The van der Waals surface area contributed by atoms with E-state index in [2.05, 4.69) is 22.9 Å². The van der Waals surface area contributed by atoms with Gasteiger partial charge >= 0.3 is 5.97 Å². The predicted molar refractivity (Wildman–Crippen MR) is 65.6 cm³/mol. The van der Waals surface area contributed by atoms with E-state index in [1.165, 1.54) is 6.07 Å². The van der Waals surface area contributed by atoms with Crippen molar-refractivity contribution in [2.45, 2.75) is 26.2 Å². The van der Waals surface area contributed by atoms with Gasteiger partial charge in [-0.1, -0.05) is 35.7 Å². The molecule has 1 N–H and O–H groups in total. The number of carbonyl (C=O) groups is 1. The summed E-state index contributed by atoms with van der Waals surface area (Å²) < 4.78 is 5.79. The normalized spacial score (nSPS) is 10.1. The van der Waals surface area contributed by atoms with Crippen molar-refractivity contribution in [3.63, 3.8) is 0 Å². The average Bonchev–Trinajstić information content (AvgIpc) is 2.27. The van der Waals surface area contributed by atoms with Gasteiger partial charge in [0.2, 0.25) is 0 Å². The van der Waals surface area contributed by atoms with Crippen molar-refractivity contribution in [2.75, 3.05) is 6.61 Å². The molecule has 88 valence electrons. The molecule has 0 bridgehead atoms. The number of halogens is 1. The molecule has 0 heterocycles. The number of phenolic OH excluding ortho intramolecular Hbond substituents is 1. The Morgan fingerprint density at radius 3 is 2.88 bits per heavy atom. The zero-order valence-corrected chi connectivity index (χ0v) is 10.8. The molecule has 0 saturated carbocycles. The van der Waals surface area contributed by atoms with Gasteiger partial charge in [0.15, 0.2) is 0 Å². The molecule has 1 aromatic carbocycles. The second-order valence-corrected chi connectivity index (χ2v) is 4.42. The van der Waals surface area contributed by atoms with E-state index in [-0.39, 0.29) is 11.3 Å². The van der Waals surface area contributed by atoms with Gasteiger partial charge in [-0.15, -0.1) is 0 Å². The molecule has 0 aromatic heterocycles. The standard InChI is InChI=1S/C12H15BrO3/c1-2-3-4-7-16-12(15)10-8-9(13)5-6-11(10)14/h5-6,8,14H,2-4,7H2,1H3. The number of rotatable bonds is 5. The molecular formula is C12H15BrO3. The highest BCUT2D eigenvalue weighted by Gasteiger charge is 2.12. The summed E-state index contributed by atoms with van der Waals surface area (Å²) in [5.41, 5.74) is 0.200. The number of phenols is 1. The number of hydrogen-bond donors (Lipinski definition) is 1. The van der Waals surface area contributed by atoms with E-state index >= 15 is 0 Å². The van der Waals surface area contributed by atoms with Crippen LogP contribution in [-0.4, -0.2) is 17.7 Å². The lowest BCUT2D eigenvalue weighted by Gasteiger charge is -2.06. The second-order valence-electron chi connectivity index (χ2n) is 3.50. The summed E-state index contributed by atoms with van der Waals surface area (Å²) in [4.78, 5) is 11.6. The first kappa shape index (κ1) is 13.0. The number of esters is 1. The summed E-state index contributed by atoms with van der Waals surface area (Å²) >= 11 is 3.24. The van der Waals surface area contributed by atoms with Gasteiger partial charge in [0, 0.05) is 4.47 Å². The van der Waals surface area contributed by atoms with E-state index in [9.17, 15) is 9.90 Å². The van der Waals surface area contributed by atoms with Crippen molar-refractivity contribution in [3.8, 4) is 5.75 Å². The number of unbranched alkanes of at least 4 members (excludes halogenated alkanes) is 2. The van der Waals surface area contributed by atoms with Crippen LogP contribution in [0.5, 0.6) is 5.75 Å². The fourth-order valence-corrected chi connectivity index (χ4v) is 1.63. The highest BCUT2D eigenvalue weighted by molar-refractivity contribution is 9.10. The van der Waals surface area contributed by atoms with Gasteiger partial charge in [0.1, 0.15) is 11.3 Å². The van der Waals surface area contributed by atoms with Gasteiger partial charge in [-0.3, -0.25) is 0 Å². The van der Waals surface area contributed by atoms with Crippen molar-refractivity contribution in [1.29, 1.82) is 0 Å². The zero-order valence-electron chi connectivity index (χ0n) is 9.20. The summed E-state index contributed by atoms with van der Waals surface area (Å²) in [6, 6.07) is 4.69. The van der Waals surface area contributed by atoms with Crippen LogP contribution in [0, 0.1) is 0 Å². The molecule has 3 nitrogen and oxygen atoms in total. The smallest absolute Gasteiger partial charge is 0.341 e. The lowest BCUT2D eigenvalue weighted by atomic mass is 10.2. The lowest BCUT2D eigenvalue weighted by Crippen LogP contribution is -2.06. The minimum atomic E-state index is -0.477. The molecular weight excluding hydrogens is 272 g/mol. The van der Waals surface area contributed by atoms with E-state index < -0.39 is 5.97 Å². The Balaban J connectivity index is 2.55. The van der Waals surface area contributed by atoms with Crippen molar-refractivity contribution in [2.24, 2.45) is 0 Å². The molecule has 1 aromatic rings. The van der Waals surface area contributed by atoms with Gasteiger partial charge in [-0.25, -0.2) is 4.79 Å². The van der Waals surface area contributed by atoms with E-state index in [1.807, 2.05) is 0 Å². The minimum Gasteiger partial charge on any atom is -0.507 e. The highest BCUT2D eigenvalue weighted by Crippen LogP contribution is 2.22. The number of benzene rings is 1. The first-order valence-corrected chi connectivity index (χ1v) is 6.10. The molecule has 0 spiro atoms. The maximum atomic E-state index is 11.6. The third-order valence-electron chi connectivity index (χ3n) is 2.16. The van der Waals surface area contributed by atoms with Crippen molar-refractivity contribution in [1.82, 2.24) is 0 Å². The molecule has 0 unspecified atom stereocenters. The van der Waals surface area contributed by atoms with Gasteiger partial charge in [0.25, 0.3) is 0 Å². The molecule has 0 amide bonds. The second kappa shape index (κ2) is 6.53. The van der Waals surface area contributed by atoms with E-state index in [4.69, 9.17) is 4.74 Å². The predicted octanol–water partition coefficient (Wildman–Crippen LogP) is 3.50. The Bertz CT molecular complexity index is 363. The monoisotopic (exact) mass is 286 g/mol. The Morgan fingerprint density at radius 1 is 1.44 bits per heavy atom. The maximum absolute atomic E-state index is 11.6. The van der Waals surface area contributed by atoms with Crippen LogP contribution in [0.25, 0.3) is 0 Å². The van der Waals surface area contributed by atoms with Crippen LogP contribution in [-0.2, 0) is 4.74 Å². The van der Waals surface area contributed by atoms with Crippen LogP contribution >= 0.6 is 15.9 Å². The summed E-state index contributed by atoms with van der Waals surface area (Å²) in [6.45, 7) is 2.49. The van der Waals surface area contributed by atoms with Crippen LogP contribution in [0.2, 0.25) is 0 Å². The number of aromatic hydroxyl groups is 1. The van der Waals surface area contributed by atoms with E-state index in [1.54, 1.807) is 12.1 Å². The minimum absolute atomic E-state index is 0.0521. The molecule has 4 heteroatoms. The molecule has 0 atom stereocenters. The van der Waals surface area contributed by atoms with Crippen LogP contribution < -0.4 is 0 Å². The van der Waals surface area contributed by atoms with Gasteiger partial charge in [-0.05, 0) is 24.6 Å². The summed E-state index contributed by atoms with van der Waals surface area (Å²) in [6.07, 6.45) is 2.98. The summed E-state index contributed by atoms with van der Waals surface area (Å²) in [5.74, 6) is -0.529. The SMILES string of the molecule is CCCCCOC(=O)c1cc(Br)ccc1O. The molecule has 0 fully saturated rings. The van der Waals surface area contributed by atoms with Crippen molar-refractivity contribution < 1.29 is 14.6 Å². The summed E-state index contributed by atoms with van der Waals surface area (Å²) in [5, 5.41) is 9.49. The highest BCUT2D eigenvalue weighted by atomic mass is 79.9. The fraction of sp³-hybridized carbons (Fsp3) is 0.417. The quantitative estimate of drug-likeness (QED) is 0.666. The zero-order chi connectivity index (χ0) is 12.0. The third-order valence-corrected chi connectivity index (χ3v) is 2.65. The largest absolute Gasteiger partial charge is 0.507 e. The molecule has 16 heavy (non-hydrogen) atoms. The number of hydrogen-bond acceptors (Lipinski definition) is 3. The van der Waals surface area contributed by atoms with Crippen molar-refractivity contribution >= 4 is 21.9 Å². The summed E-state index contributed by atoms with van der Waals surface area (Å²) in [7, 11) is 0. The number of carbonyl (C=O) groups excluding carboxylic acids is 1. The third kappa shape index (κ3) is 3.85. The number of ether oxygens (including phenoxy) is 1. The first-order chi connectivity index (χ1) is 7.65. The molecule has 0 radical (unpaired) electrons. The Morgan fingerprint density at radius 2 is 2.19 bits per heavy atom. The van der Waals surface area contributed by atoms with Crippen LogP contribution in [0.3, 0.4) is 0 Å². The Hall–Kier alpha value is -1.03. The Labute approximate surface area is 104 Å². The average molecular weight is 287 g/mol. The first-order valence-electron chi connectivity index (χ1n) is 5.30. The maximum Gasteiger partial charge on any atom is 0.341 e. The lowest BCUT2D eigenvalue weighted by molar-refractivity contribution is 0.0495. The molecule has 1 rings (SSSR count). The molecule has 0 saturated heterocycles. The van der Waals surface area contributed by atoms with Gasteiger partial charge < -0.3 is 9.84 Å². The van der Waals surface area contributed by atoms with E-state index in [0.29, 0.717) is 6.61 Å². The molecule has 0 aliphatic heterocycles.